The lowest BCUT2D eigenvalue weighted by Gasteiger charge is -2.31. The number of nitrogens with zero attached hydrogens (tertiary/aromatic N) is 2. The third-order valence-corrected chi connectivity index (χ3v) is 5.38. The fraction of sp³-hybridized carbons (Fsp3) is 0.619. The second-order valence-corrected chi connectivity index (χ2v) is 8.14. The number of hydrogen-bond acceptors (Lipinski definition) is 3. The van der Waals surface area contributed by atoms with Gasteiger partial charge in [0, 0.05) is 32.1 Å². The number of rotatable bonds is 8. The van der Waals surface area contributed by atoms with Crippen LogP contribution in [-0.2, 0) is 10.2 Å². The number of benzene rings is 1. The quantitative estimate of drug-likeness (QED) is 0.213. The molecule has 8 heteroatoms. The fourth-order valence-corrected chi connectivity index (χ4v) is 3.54. The van der Waals surface area contributed by atoms with Gasteiger partial charge in [-0.3, -0.25) is 9.79 Å². The Balaban J connectivity index is 0.00000420. The van der Waals surface area contributed by atoms with Crippen LogP contribution in [0.2, 0.25) is 0 Å². The van der Waals surface area contributed by atoms with Crippen LogP contribution in [0.15, 0.2) is 29.3 Å². The van der Waals surface area contributed by atoms with Gasteiger partial charge in [-0.15, -0.1) is 24.0 Å². The van der Waals surface area contributed by atoms with E-state index in [-0.39, 0.29) is 47.0 Å². The molecule has 1 aromatic rings. The smallest absolute Gasteiger partial charge is 0.221 e. The predicted octanol–water partition coefficient (Wildman–Crippen LogP) is 2.47. The van der Waals surface area contributed by atoms with Crippen molar-refractivity contribution >= 4 is 35.8 Å². The van der Waals surface area contributed by atoms with Crippen molar-refractivity contribution < 1.29 is 9.18 Å². The summed E-state index contributed by atoms with van der Waals surface area (Å²) < 4.78 is 13.5. The summed E-state index contributed by atoms with van der Waals surface area (Å²) in [6, 6.07) is 6.72. The van der Waals surface area contributed by atoms with Gasteiger partial charge in [0.25, 0.3) is 0 Å². The first-order chi connectivity index (χ1) is 13.3. The number of nitrogens with one attached hydrogen (secondary N) is 2. The molecule has 29 heavy (non-hydrogen) atoms. The average molecular weight is 519 g/mol. The highest BCUT2D eigenvalue weighted by atomic mass is 127. The van der Waals surface area contributed by atoms with Crippen molar-refractivity contribution in [3.8, 4) is 0 Å². The zero-order chi connectivity index (χ0) is 20.6. The SMILES string of the molecule is CN=C(NCCCN1CCCC(C(N)=O)C1)NCC(C)(C)c1cccc(F)c1.I. The first-order valence-corrected chi connectivity index (χ1v) is 10.0. The number of amides is 1. The highest BCUT2D eigenvalue weighted by molar-refractivity contribution is 14.0. The van der Waals surface area contributed by atoms with Gasteiger partial charge < -0.3 is 21.3 Å². The molecule has 0 radical (unpaired) electrons. The molecular weight excluding hydrogens is 484 g/mol. The molecule has 0 bridgehead atoms. The van der Waals surface area contributed by atoms with Crippen molar-refractivity contribution in [2.75, 3.05) is 39.8 Å². The molecule has 1 atom stereocenters. The van der Waals surface area contributed by atoms with Gasteiger partial charge in [0.15, 0.2) is 5.96 Å². The number of nitrogens with two attached hydrogens (primary N) is 1. The van der Waals surface area contributed by atoms with Gasteiger partial charge >= 0.3 is 0 Å². The monoisotopic (exact) mass is 519 g/mol. The van der Waals surface area contributed by atoms with Crippen molar-refractivity contribution in [1.82, 2.24) is 15.5 Å². The van der Waals surface area contributed by atoms with Gasteiger partial charge in [0.1, 0.15) is 5.82 Å². The minimum absolute atomic E-state index is 0. The van der Waals surface area contributed by atoms with Crippen LogP contribution in [0.1, 0.15) is 38.7 Å². The summed E-state index contributed by atoms with van der Waals surface area (Å²) in [5.41, 5.74) is 6.16. The zero-order valence-electron chi connectivity index (χ0n) is 17.7. The Morgan fingerprint density at radius 3 is 2.79 bits per heavy atom. The molecule has 0 aromatic heterocycles. The Kier molecular flexibility index (Phi) is 10.9. The highest BCUT2D eigenvalue weighted by Crippen LogP contribution is 2.22. The molecule has 6 nitrogen and oxygen atoms in total. The van der Waals surface area contributed by atoms with Gasteiger partial charge in [0.05, 0.1) is 5.92 Å². The molecular formula is C21H35FIN5O. The van der Waals surface area contributed by atoms with Crippen molar-refractivity contribution in [3.63, 3.8) is 0 Å². The third-order valence-electron chi connectivity index (χ3n) is 5.38. The van der Waals surface area contributed by atoms with Crippen LogP contribution < -0.4 is 16.4 Å². The van der Waals surface area contributed by atoms with Crippen molar-refractivity contribution in [1.29, 1.82) is 0 Å². The minimum Gasteiger partial charge on any atom is -0.369 e. The van der Waals surface area contributed by atoms with Crippen LogP contribution in [0.5, 0.6) is 0 Å². The Morgan fingerprint density at radius 1 is 1.38 bits per heavy atom. The number of aliphatic imine (C=N–C) groups is 1. The lowest BCUT2D eigenvalue weighted by atomic mass is 9.84. The van der Waals surface area contributed by atoms with E-state index in [1.165, 1.54) is 6.07 Å². The standard InChI is InChI=1S/C21H34FN5O.HI/c1-21(2,17-8-4-9-18(22)13-17)15-26-20(24-3)25-10-6-12-27-11-5-7-16(14-27)19(23)28;/h4,8-9,13,16H,5-7,10-12,14-15H2,1-3H3,(H2,23,28)(H2,24,25,26);1H. The maximum atomic E-state index is 13.5. The number of piperidine rings is 1. The number of halogens is 2. The molecule has 164 valence electrons. The number of likely N-dealkylation sites (tertiary alicyclic amines) is 1. The number of guanidine groups is 1. The van der Waals surface area contributed by atoms with Crippen molar-refractivity contribution in [3.05, 3.63) is 35.6 Å². The Morgan fingerprint density at radius 2 is 2.14 bits per heavy atom. The van der Waals surface area contributed by atoms with Crippen LogP contribution in [0.25, 0.3) is 0 Å². The van der Waals surface area contributed by atoms with Crippen LogP contribution in [0.4, 0.5) is 4.39 Å². The van der Waals surface area contributed by atoms with Crippen LogP contribution in [-0.4, -0.2) is 56.5 Å². The van der Waals surface area contributed by atoms with E-state index in [0.717, 1.165) is 57.0 Å². The molecule has 1 amide bonds. The van der Waals surface area contributed by atoms with E-state index in [1.54, 1.807) is 19.2 Å². The molecule has 0 aliphatic carbocycles. The van der Waals surface area contributed by atoms with Crippen LogP contribution in [0.3, 0.4) is 0 Å². The maximum Gasteiger partial charge on any atom is 0.221 e. The first-order valence-electron chi connectivity index (χ1n) is 10.0. The Labute approximate surface area is 190 Å². The van der Waals surface area contributed by atoms with Gasteiger partial charge in [-0.05, 0) is 50.0 Å². The van der Waals surface area contributed by atoms with E-state index in [2.05, 4.69) is 34.4 Å². The van der Waals surface area contributed by atoms with E-state index in [1.807, 2.05) is 6.07 Å². The van der Waals surface area contributed by atoms with E-state index in [0.29, 0.717) is 6.54 Å². The summed E-state index contributed by atoms with van der Waals surface area (Å²) in [6.07, 6.45) is 2.89. The van der Waals surface area contributed by atoms with E-state index in [9.17, 15) is 9.18 Å². The summed E-state index contributed by atoms with van der Waals surface area (Å²) in [5.74, 6) is 0.317. The van der Waals surface area contributed by atoms with E-state index < -0.39 is 0 Å². The number of carbonyl (C=O) groups is 1. The topological polar surface area (TPSA) is 82.8 Å². The molecule has 1 aliphatic heterocycles. The predicted molar refractivity (Wildman–Crippen MR) is 127 cm³/mol. The molecule has 1 heterocycles. The Hall–Kier alpha value is -1.42. The molecule has 1 saturated heterocycles. The number of primary amides is 1. The van der Waals surface area contributed by atoms with Gasteiger partial charge in [-0.1, -0.05) is 26.0 Å². The van der Waals surface area contributed by atoms with E-state index in [4.69, 9.17) is 5.73 Å². The van der Waals surface area contributed by atoms with Crippen molar-refractivity contribution in [2.45, 2.75) is 38.5 Å². The van der Waals surface area contributed by atoms with Gasteiger partial charge in [-0.2, -0.15) is 0 Å². The summed E-state index contributed by atoms with van der Waals surface area (Å²) >= 11 is 0. The summed E-state index contributed by atoms with van der Waals surface area (Å²) in [6.45, 7) is 8.31. The van der Waals surface area contributed by atoms with Gasteiger partial charge in [-0.25, -0.2) is 4.39 Å². The molecule has 0 saturated carbocycles. The summed E-state index contributed by atoms with van der Waals surface area (Å²) in [7, 11) is 1.74. The molecule has 1 aromatic carbocycles. The second-order valence-electron chi connectivity index (χ2n) is 8.14. The summed E-state index contributed by atoms with van der Waals surface area (Å²) in [4.78, 5) is 17.9. The van der Waals surface area contributed by atoms with E-state index >= 15 is 0 Å². The highest BCUT2D eigenvalue weighted by Gasteiger charge is 2.23. The maximum absolute atomic E-state index is 13.5. The molecule has 2 rings (SSSR count). The second kappa shape index (κ2) is 12.3. The largest absolute Gasteiger partial charge is 0.369 e. The summed E-state index contributed by atoms with van der Waals surface area (Å²) in [5, 5.41) is 6.65. The number of hydrogen-bond donors (Lipinski definition) is 3. The first kappa shape index (κ1) is 25.6. The molecule has 1 unspecified atom stereocenters. The minimum atomic E-state index is -0.225. The lowest BCUT2D eigenvalue weighted by molar-refractivity contribution is -0.123. The van der Waals surface area contributed by atoms with Gasteiger partial charge in [0.2, 0.25) is 5.91 Å². The third kappa shape index (κ3) is 8.46. The molecule has 4 N–H and O–H groups in total. The zero-order valence-corrected chi connectivity index (χ0v) is 20.0. The van der Waals surface area contributed by atoms with Crippen molar-refractivity contribution in [2.24, 2.45) is 16.6 Å². The molecule has 1 aliphatic rings. The van der Waals surface area contributed by atoms with Crippen LogP contribution in [0, 0.1) is 11.7 Å². The van der Waals surface area contributed by atoms with Crippen LogP contribution >= 0.6 is 24.0 Å². The number of carbonyl (C=O) groups excluding carboxylic acids is 1. The normalized spacial score (nSPS) is 18.1. The average Bonchev–Trinajstić information content (AvgIpc) is 2.67. The Bertz CT molecular complexity index is 683. The molecule has 1 fully saturated rings. The lowest BCUT2D eigenvalue weighted by Crippen LogP contribution is -2.45. The molecule has 0 spiro atoms. The fourth-order valence-electron chi connectivity index (χ4n) is 3.54.